The highest BCUT2D eigenvalue weighted by Crippen LogP contribution is 2.55. The molecule has 0 unspecified atom stereocenters. The van der Waals surface area contributed by atoms with Gasteiger partial charge in [-0.05, 0) is 73.1 Å². The third-order valence-corrected chi connectivity index (χ3v) is 13.7. The topological polar surface area (TPSA) is 208 Å². The maximum absolute atomic E-state index is 14.0. The van der Waals surface area contributed by atoms with Gasteiger partial charge in [0.2, 0.25) is 17.7 Å². The first-order valence-electron chi connectivity index (χ1n) is 23.4. The second-order valence-corrected chi connectivity index (χ2v) is 21.0. The van der Waals surface area contributed by atoms with E-state index < -0.39 is 35.4 Å². The van der Waals surface area contributed by atoms with Crippen molar-refractivity contribution >= 4 is 40.9 Å². The summed E-state index contributed by atoms with van der Waals surface area (Å²) in [6, 6.07) is 20.1. The average Bonchev–Trinajstić information content (AvgIpc) is 3.89. The van der Waals surface area contributed by atoms with E-state index in [1.54, 1.807) is 30.3 Å². The fraction of sp³-hybridized carbons (Fsp3) is 0.500. The van der Waals surface area contributed by atoms with Crippen LogP contribution < -0.4 is 26.0 Å². The number of amides is 4. The molecule has 16 heteroatoms. The molecule has 2 saturated carbocycles. The van der Waals surface area contributed by atoms with Crippen LogP contribution >= 0.6 is 11.6 Å². The molecule has 0 spiro atoms. The quantitative estimate of drug-likeness (QED) is 0.0587. The molecule has 68 heavy (non-hydrogen) atoms. The summed E-state index contributed by atoms with van der Waals surface area (Å²) >= 11 is 6.24. The molecule has 362 valence electrons. The number of unbranched alkanes of at least 4 members (excludes halogenated alkanes) is 1. The molecule has 3 aliphatic rings. The Morgan fingerprint density at radius 1 is 1.00 bits per heavy atom. The van der Waals surface area contributed by atoms with Gasteiger partial charge in [-0.2, -0.15) is 5.26 Å². The van der Waals surface area contributed by atoms with Crippen LogP contribution in [0.3, 0.4) is 0 Å². The molecular weight excluding hydrogens is 886 g/mol. The molecule has 3 aromatic carbocycles. The minimum absolute atomic E-state index is 0.0207. The largest absolute Gasteiger partial charge is 0.489 e. The van der Waals surface area contributed by atoms with Crippen LogP contribution in [0.1, 0.15) is 114 Å². The van der Waals surface area contributed by atoms with Crippen molar-refractivity contribution in [2.45, 2.75) is 123 Å². The summed E-state index contributed by atoms with van der Waals surface area (Å²) in [5, 5.41) is 32.5. The lowest BCUT2D eigenvalue weighted by atomic mass is 9.49. The van der Waals surface area contributed by atoms with Crippen LogP contribution in [0.4, 0.5) is 5.69 Å². The third-order valence-electron chi connectivity index (χ3n) is 13.4. The number of aliphatic hydroxyl groups excluding tert-OH is 1. The number of rotatable bonds is 19. The molecule has 2 aliphatic carbocycles. The summed E-state index contributed by atoms with van der Waals surface area (Å²) in [6.45, 7) is 14.7. The maximum atomic E-state index is 14.0. The van der Waals surface area contributed by atoms with Crippen molar-refractivity contribution in [3.05, 3.63) is 101 Å². The zero-order chi connectivity index (χ0) is 49.0. The van der Waals surface area contributed by atoms with E-state index in [1.807, 2.05) is 57.2 Å². The van der Waals surface area contributed by atoms with Crippen LogP contribution in [0, 0.1) is 27.6 Å². The number of halogens is 1. The van der Waals surface area contributed by atoms with Crippen LogP contribution in [0.25, 0.3) is 11.3 Å². The van der Waals surface area contributed by atoms with Crippen LogP contribution in [0.5, 0.6) is 5.75 Å². The SMILES string of the molecule is CC(C)(C)[C@H](NC(=O)COCCCCNc1ccc(C(=O)N[C@H]2C(C)(C)[C@H](Oc3ccc(C#N)c(Cl)c3)C2(C)C)cc1)C(=O)N1C[C@H](O)C[C@H]1C(=O)NCc1ccc(-c2ocnc2C2CC2)cc1. The van der Waals surface area contributed by atoms with Crippen LogP contribution in [0.2, 0.25) is 5.02 Å². The maximum Gasteiger partial charge on any atom is 0.251 e. The first-order chi connectivity index (χ1) is 32.3. The van der Waals surface area contributed by atoms with Gasteiger partial charge >= 0.3 is 0 Å². The van der Waals surface area contributed by atoms with E-state index in [1.165, 1.54) is 11.3 Å². The summed E-state index contributed by atoms with van der Waals surface area (Å²) in [4.78, 5) is 59.8. The van der Waals surface area contributed by atoms with Crippen molar-refractivity contribution in [3.8, 4) is 23.1 Å². The Balaban J connectivity index is 0.805. The Kier molecular flexibility index (Phi) is 15.2. The van der Waals surface area contributed by atoms with Gasteiger partial charge in [0.25, 0.3) is 5.91 Å². The lowest BCUT2D eigenvalue weighted by Gasteiger charge is -2.63. The number of carbonyl (C=O) groups excluding carboxylic acids is 4. The number of hydrogen-bond acceptors (Lipinski definition) is 11. The molecule has 1 aromatic heterocycles. The highest BCUT2D eigenvalue weighted by molar-refractivity contribution is 6.31. The van der Waals surface area contributed by atoms with E-state index in [9.17, 15) is 29.5 Å². The number of nitrogens with zero attached hydrogens (tertiary/aromatic N) is 3. The fourth-order valence-electron chi connectivity index (χ4n) is 9.80. The standard InChI is InChI=1S/C52H64ClN7O8/c1-50(2,3)44(47(65)60-28-37(61)24-40(60)46(64)56-27-31-10-12-33(13-11-31)43-42(32-14-15-32)57-30-67-43)58-41(62)29-66-23-9-8-22-55-36-19-16-34(17-20-36)45(63)59-48-51(4,5)49(52(48,6)7)68-38-21-18-35(26-54)39(53)25-38/h10-13,16-21,25,30,32,37,40,44,48-49,55,61H,8-9,14-15,22-24,27-29H2,1-7H3,(H,56,64)(H,58,62)(H,59,63)/t37-,40+,44-,48-,49-/m1/s1. The zero-order valence-electron chi connectivity index (χ0n) is 40.0. The number of nitriles is 1. The van der Waals surface area contributed by atoms with Gasteiger partial charge in [-0.1, -0.05) is 84.3 Å². The number of β-amino-alcohol motifs (C(OH)–C–C–N with tert-alkyl or cyclic N) is 1. The van der Waals surface area contributed by atoms with Gasteiger partial charge in [-0.25, -0.2) is 4.98 Å². The smallest absolute Gasteiger partial charge is 0.251 e. The normalized spacial score (nSPS) is 20.9. The number of aliphatic hydroxyl groups is 1. The Labute approximate surface area is 403 Å². The van der Waals surface area contributed by atoms with E-state index in [2.05, 4.69) is 60.0 Å². The molecule has 1 aliphatic heterocycles. The Morgan fingerprint density at radius 2 is 1.71 bits per heavy atom. The lowest BCUT2D eigenvalue weighted by Crippen LogP contribution is -2.74. The highest BCUT2D eigenvalue weighted by Gasteiger charge is 2.64. The van der Waals surface area contributed by atoms with Crippen LogP contribution in [0.15, 0.2) is 77.5 Å². The Bertz CT molecular complexity index is 2470. The first kappa shape index (κ1) is 49.9. The molecule has 7 rings (SSSR count). The van der Waals surface area contributed by atoms with E-state index in [-0.39, 0.29) is 60.9 Å². The second-order valence-electron chi connectivity index (χ2n) is 20.6. The number of carbonyl (C=O) groups is 4. The van der Waals surface area contributed by atoms with E-state index in [0.29, 0.717) is 47.4 Å². The summed E-state index contributed by atoms with van der Waals surface area (Å²) in [6.07, 6.45) is 4.13. The zero-order valence-corrected chi connectivity index (χ0v) is 40.7. The molecule has 2 heterocycles. The third kappa shape index (κ3) is 11.5. The molecule has 3 fully saturated rings. The minimum atomic E-state index is -0.963. The van der Waals surface area contributed by atoms with Crippen molar-refractivity contribution in [1.82, 2.24) is 25.8 Å². The Morgan fingerprint density at radius 3 is 2.35 bits per heavy atom. The van der Waals surface area contributed by atoms with E-state index in [0.717, 1.165) is 47.5 Å². The van der Waals surface area contributed by atoms with Crippen molar-refractivity contribution in [3.63, 3.8) is 0 Å². The number of nitrogens with one attached hydrogen (secondary N) is 4. The summed E-state index contributed by atoms with van der Waals surface area (Å²) in [5.74, 6) is 0.344. The molecule has 15 nitrogen and oxygen atoms in total. The molecule has 4 amide bonds. The number of aromatic nitrogens is 1. The van der Waals surface area contributed by atoms with Gasteiger partial charge in [0.1, 0.15) is 36.6 Å². The van der Waals surface area contributed by atoms with Gasteiger partial charge in [0, 0.05) is 78.3 Å². The molecule has 4 aromatic rings. The lowest BCUT2D eigenvalue weighted by molar-refractivity contribution is -0.164. The summed E-state index contributed by atoms with van der Waals surface area (Å²) in [7, 11) is 0. The predicted octanol–water partition coefficient (Wildman–Crippen LogP) is 7.37. The summed E-state index contributed by atoms with van der Waals surface area (Å²) in [5.41, 5.74) is 3.07. The van der Waals surface area contributed by atoms with Crippen LogP contribution in [-0.2, 0) is 25.7 Å². The number of anilines is 1. The Hall–Kier alpha value is -5.95. The number of likely N-dealkylation sites (tertiary alicyclic amines) is 1. The van der Waals surface area contributed by atoms with Crippen molar-refractivity contribution in [1.29, 1.82) is 5.26 Å². The van der Waals surface area contributed by atoms with Crippen LogP contribution in [-0.4, -0.2) is 95.3 Å². The monoisotopic (exact) mass is 949 g/mol. The van der Waals surface area contributed by atoms with Gasteiger partial charge < -0.3 is 45.2 Å². The molecule has 0 radical (unpaired) electrons. The minimum Gasteiger partial charge on any atom is -0.489 e. The average molecular weight is 951 g/mol. The number of hydrogen-bond donors (Lipinski definition) is 5. The van der Waals surface area contributed by atoms with Crippen molar-refractivity contribution in [2.24, 2.45) is 16.2 Å². The fourth-order valence-corrected chi connectivity index (χ4v) is 10.0. The van der Waals surface area contributed by atoms with Gasteiger partial charge in [0.15, 0.2) is 12.2 Å². The molecular formula is C52H64ClN7O8. The first-order valence-corrected chi connectivity index (χ1v) is 23.8. The van der Waals surface area contributed by atoms with Gasteiger partial charge in [-0.3, -0.25) is 19.2 Å². The van der Waals surface area contributed by atoms with Crippen molar-refractivity contribution < 1.29 is 38.2 Å². The molecule has 1 saturated heterocycles. The van der Waals surface area contributed by atoms with Gasteiger partial charge in [0.05, 0.1) is 22.4 Å². The molecule has 5 N–H and O–H groups in total. The van der Waals surface area contributed by atoms with Crippen molar-refractivity contribution in [2.75, 3.05) is 31.6 Å². The summed E-state index contributed by atoms with van der Waals surface area (Å²) < 4.78 is 17.7. The highest BCUT2D eigenvalue weighted by atomic mass is 35.5. The number of benzene rings is 3. The van der Waals surface area contributed by atoms with E-state index >= 15 is 0 Å². The van der Waals surface area contributed by atoms with E-state index in [4.69, 9.17) is 25.5 Å². The molecule has 3 atom stereocenters. The number of ether oxygens (including phenoxy) is 2. The predicted molar refractivity (Wildman–Crippen MR) is 258 cm³/mol. The number of oxazole rings is 1. The molecule has 0 bridgehead atoms. The van der Waals surface area contributed by atoms with Gasteiger partial charge in [-0.15, -0.1) is 0 Å². The second kappa shape index (κ2) is 20.7.